The Kier molecular flexibility index (Phi) is 4.26. The first-order valence-electron chi connectivity index (χ1n) is 9.28. The zero-order valence-corrected chi connectivity index (χ0v) is 15.0. The molecule has 1 aliphatic carbocycles. The second-order valence-corrected chi connectivity index (χ2v) is 7.45. The summed E-state index contributed by atoms with van der Waals surface area (Å²) in [5, 5.41) is 4.30. The van der Waals surface area contributed by atoms with Crippen molar-refractivity contribution in [2.45, 2.75) is 32.6 Å². The van der Waals surface area contributed by atoms with Crippen LogP contribution in [0.1, 0.15) is 41.6 Å². The number of rotatable bonds is 4. The number of nitrogens with zero attached hydrogens (tertiary/aromatic N) is 3. The second kappa shape index (κ2) is 6.59. The van der Waals surface area contributed by atoms with Gasteiger partial charge in [0.05, 0.1) is 17.4 Å². The fourth-order valence-electron chi connectivity index (χ4n) is 3.75. The highest BCUT2D eigenvalue weighted by molar-refractivity contribution is 6.02. The molecule has 4 rings (SSSR count). The maximum atomic E-state index is 12.9. The van der Waals surface area contributed by atoms with Gasteiger partial charge in [-0.25, -0.2) is 4.68 Å². The molecule has 1 saturated carbocycles. The number of nitrogens with two attached hydrogens (primary N) is 1. The molecule has 1 atom stereocenters. The Morgan fingerprint density at radius 3 is 2.50 bits per heavy atom. The summed E-state index contributed by atoms with van der Waals surface area (Å²) in [4.78, 5) is 27.2. The third-order valence-electron chi connectivity index (χ3n) is 5.68. The van der Waals surface area contributed by atoms with E-state index in [1.807, 2.05) is 36.1 Å². The molecule has 1 aromatic carbocycles. The van der Waals surface area contributed by atoms with Crippen LogP contribution < -0.4 is 5.73 Å². The van der Waals surface area contributed by atoms with Crippen LogP contribution in [0.2, 0.25) is 0 Å². The molecule has 2 aliphatic rings. The zero-order valence-electron chi connectivity index (χ0n) is 15.0. The van der Waals surface area contributed by atoms with E-state index in [1.165, 1.54) is 0 Å². The number of carbonyl (C=O) groups is 2. The van der Waals surface area contributed by atoms with Crippen molar-refractivity contribution in [2.24, 2.45) is 11.8 Å². The van der Waals surface area contributed by atoms with E-state index in [-0.39, 0.29) is 23.5 Å². The lowest BCUT2D eigenvalue weighted by Crippen LogP contribution is -2.37. The lowest BCUT2D eigenvalue weighted by Gasteiger charge is -2.29. The largest absolute Gasteiger partial charge is 0.383 e. The molecule has 6 heteroatoms. The van der Waals surface area contributed by atoms with E-state index >= 15 is 0 Å². The average molecular weight is 352 g/mol. The predicted octanol–water partition coefficient (Wildman–Crippen LogP) is 2.59. The van der Waals surface area contributed by atoms with E-state index in [9.17, 15) is 9.59 Å². The summed E-state index contributed by atoms with van der Waals surface area (Å²) in [6, 6.07) is 7.83. The van der Waals surface area contributed by atoms with E-state index in [4.69, 9.17) is 5.73 Å². The van der Waals surface area contributed by atoms with Gasteiger partial charge >= 0.3 is 0 Å². The summed E-state index contributed by atoms with van der Waals surface area (Å²) in [7, 11) is 0. The number of likely N-dealkylation sites (tertiary alicyclic amines) is 1. The number of aryl methyl sites for hydroxylation is 1. The van der Waals surface area contributed by atoms with E-state index in [1.54, 1.807) is 10.9 Å². The SMILES string of the molecule is Cc1ccc(-n2ncc(C(=O)C3CCN(C(=O)C4CCC4)C3)c2N)cc1. The molecular weight excluding hydrogens is 328 g/mol. The number of Topliss-reactive ketones (excluding diaryl/α,β-unsaturated/α-hetero) is 1. The molecule has 6 nitrogen and oxygen atoms in total. The number of aromatic nitrogens is 2. The van der Waals surface area contributed by atoms with Crippen LogP contribution in [0, 0.1) is 18.8 Å². The van der Waals surface area contributed by atoms with Gasteiger partial charge in [0, 0.05) is 24.9 Å². The molecule has 0 bridgehead atoms. The highest BCUT2D eigenvalue weighted by Crippen LogP contribution is 2.31. The van der Waals surface area contributed by atoms with Crippen LogP contribution in [-0.4, -0.2) is 39.5 Å². The topological polar surface area (TPSA) is 81.2 Å². The lowest BCUT2D eigenvalue weighted by molar-refractivity contribution is -0.137. The van der Waals surface area contributed by atoms with Crippen molar-refractivity contribution in [3.8, 4) is 5.69 Å². The van der Waals surface area contributed by atoms with Gasteiger partial charge in [-0.1, -0.05) is 24.1 Å². The van der Waals surface area contributed by atoms with E-state index in [2.05, 4.69) is 5.10 Å². The fraction of sp³-hybridized carbons (Fsp3) is 0.450. The maximum Gasteiger partial charge on any atom is 0.225 e. The van der Waals surface area contributed by atoms with Crippen LogP contribution in [-0.2, 0) is 4.79 Å². The fourth-order valence-corrected chi connectivity index (χ4v) is 3.75. The van der Waals surface area contributed by atoms with E-state index in [0.717, 1.165) is 30.5 Å². The predicted molar refractivity (Wildman–Crippen MR) is 99.1 cm³/mol. The van der Waals surface area contributed by atoms with Gasteiger partial charge in [-0.15, -0.1) is 0 Å². The molecule has 26 heavy (non-hydrogen) atoms. The molecule has 2 fully saturated rings. The van der Waals surface area contributed by atoms with Crippen LogP contribution in [0.5, 0.6) is 0 Å². The van der Waals surface area contributed by atoms with E-state index < -0.39 is 0 Å². The number of amides is 1. The first-order chi connectivity index (χ1) is 12.5. The molecule has 1 unspecified atom stereocenters. The molecule has 1 aromatic heterocycles. The number of carbonyl (C=O) groups excluding carboxylic acids is 2. The summed E-state index contributed by atoms with van der Waals surface area (Å²) < 4.78 is 1.60. The summed E-state index contributed by atoms with van der Waals surface area (Å²) in [6.07, 6.45) is 5.37. The Bertz CT molecular complexity index is 836. The highest BCUT2D eigenvalue weighted by Gasteiger charge is 2.37. The molecular formula is C20H24N4O2. The molecule has 0 radical (unpaired) electrons. The van der Waals surface area contributed by atoms with Crippen molar-refractivity contribution in [3.63, 3.8) is 0 Å². The number of hydrogen-bond donors (Lipinski definition) is 1. The molecule has 1 aliphatic heterocycles. The maximum absolute atomic E-state index is 12.9. The van der Waals surface area contributed by atoms with Gasteiger partial charge in [-0.3, -0.25) is 9.59 Å². The number of anilines is 1. The van der Waals surface area contributed by atoms with Gasteiger partial charge in [0.25, 0.3) is 0 Å². The third kappa shape index (κ3) is 2.89. The monoisotopic (exact) mass is 352 g/mol. The van der Waals surface area contributed by atoms with E-state index in [0.29, 0.717) is 30.9 Å². The minimum absolute atomic E-state index is 0.00947. The number of ketones is 1. The molecule has 2 heterocycles. The third-order valence-corrected chi connectivity index (χ3v) is 5.68. The summed E-state index contributed by atoms with van der Waals surface area (Å²) in [6.45, 7) is 3.18. The first-order valence-corrected chi connectivity index (χ1v) is 9.28. The molecule has 1 saturated heterocycles. The van der Waals surface area contributed by atoms with Crippen LogP contribution in [0.25, 0.3) is 5.69 Å². The van der Waals surface area contributed by atoms with Gasteiger partial charge in [-0.2, -0.15) is 5.10 Å². The van der Waals surface area contributed by atoms with Gasteiger partial charge in [0.1, 0.15) is 5.82 Å². The minimum atomic E-state index is -0.183. The van der Waals surface area contributed by atoms with Gasteiger partial charge in [-0.05, 0) is 38.3 Å². The quantitative estimate of drug-likeness (QED) is 0.858. The van der Waals surface area contributed by atoms with Crippen molar-refractivity contribution < 1.29 is 9.59 Å². The molecule has 2 aromatic rings. The van der Waals surface area contributed by atoms with Crippen LogP contribution in [0.3, 0.4) is 0 Å². The highest BCUT2D eigenvalue weighted by atomic mass is 16.2. The second-order valence-electron chi connectivity index (χ2n) is 7.45. The molecule has 0 spiro atoms. The number of benzene rings is 1. The average Bonchev–Trinajstić information content (AvgIpc) is 3.21. The van der Waals surface area contributed by atoms with Crippen molar-refractivity contribution in [2.75, 3.05) is 18.8 Å². The smallest absolute Gasteiger partial charge is 0.225 e. The Morgan fingerprint density at radius 2 is 1.85 bits per heavy atom. The van der Waals surface area contributed by atoms with Gasteiger partial charge in [0.15, 0.2) is 5.78 Å². The van der Waals surface area contributed by atoms with Crippen molar-refractivity contribution in [1.82, 2.24) is 14.7 Å². The van der Waals surface area contributed by atoms with Crippen molar-refractivity contribution in [1.29, 1.82) is 0 Å². The number of hydrogen-bond acceptors (Lipinski definition) is 4. The zero-order chi connectivity index (χ0) is 18.3. The summed E-state index contributed by atoms with van der Waals surface area (Å²) in [5.41, 5.74) is 8.65. The normalized spacial score (nSPS) is 20.2. The summed E-state index contributed by atoms with van der Waals surface area (Å²) >= 11 is 0. The Hall–Kier alpha value is -2.63. The minimum Gasteiger partial charge on any atom is -0.383 e. The van der Waals surface area contributed by atoms with Crippen molar-refractivity contribution in [3.05, 3.63) is 41.6 Å². The molecule has 1 amide bonds. The first kappa shape index (κ1) is 16.8. The molecule has 2 N–H and O–H groups in total. The van der Waals surface area contributed by atoms with Crippen molar-refractivity contribution >= 4 is 17.5 Å². The van der Waals surface area contributed by atoms with Crippen LogP contribution in [0.4, 0.5) is 5.82 Å². The standard InChI is InChI=1S/C20H24N4O2/c1-13-5-7-16(8-6-13)24-19(21)17(11-22-24)18(25)15-9-10-23(12-15)20(26)14-3-2-4-14/h5-8,11,14-15H,2-4,9-10,12,21H2,1H3. The number of nitrogen functional groups attached to an aromatic ring is 1. The Labute approximate surface area is 153 Å². The van der Waals surface area contributed by atoms with Crippen LogP contribution in [0.15, 0.2) is 30.5 Å². The van der Waals surface area contributed by atoms with Gasteiger partial charge in [0.2, 0.25) is 5.91 Å². The van der Waals surface area contributed by atoms with Crippen LogP contribution >= 0.6 is 0 Å². The molecule has 136 valence electrons. The lowest BCUT2D eigenvalue weighted by atomic mass is 9.84. The Balaban J connectivity index is 1.49. The Morgan fingerprint density at radius 1 is 1.12 bits per heavy atom. The summed E-state index contributed by atoms with van der Waals surface area (Å²) in [5.74, 6) is 0.567. The van der Waals surface area contributed by atoms with Gasteiger partial charge < -0.3 is 10.6 Å².